The van der Waals surface area contributed by atoms with Crippen molar-refractivity contribution in [2.45, 2.75) is 38.9 Å². The number of hydrogen-bond acceptors (Lipinski definition) is 3. The van der Waals surface area contributed by atoms with Gasteiger partial charge in [0.15, 0.2) is 0 Å². The molecule has 0 spiro atoms. The third kappa shape index (κ3) is 4.28. The summed E-state index contributed by atoms with van der Waals surface area (Å²) in [6.07, 6.45) is 4.05. The first kappa shape index (κ1) is 19.9. The number of aromatic nitrogens is 2. The Morgan fingerprint density at radius 1 is 1.21 bits per heavy atom. The second kappa shape index (κ2) is 8.51. The van der Waals surface area contributed by atoms with Gasteiger partial charge in [-0.1, -0.05) is 30.7 Å². The lowest BCUT2D eigenvalue weighted by Crippen LogP contribution is -2.41. The van der Waals surface area contributed by atoms with Crippen LogP contribution in [0.25, 0.3) is 5.65 Å². The number of nitrogens with zero attached hydrogens (tertiary/aromatic N) is 3. The highest BCUT2D eigenvalue weighted by Crippen LogP contribution is 2.22. The van der Waals surface area contributed by atoms with Crippen molar-refractivity contribution in [3.8, 4) is 0 Å². The van der Waals surface area contributed by atoms with Gasteiger partial charge in [0.2, 0.25) is 0 Å². The molecule has 0 bridgehead atoms. The van der Waals surface area contributed by atoms with Crippen LogP contribution in [0.4, 0.5) is 4.39 Å². The SMILES string of the molecule is CCc1nc2ccc(Cl)cn2c1C(=O)N1CCC(OCc2ccc(F)cc2)CC1. The number of rotatable bonds is 5. The van der Waals surface area contributed by atoms with E-state index < -0.39 is 0 Å². The van der Waals surface area contributed by atoms with Crippen molar-refractivity contribution in [2.24, 2.45) is 0 Å². The Morgan fingerprint density at radius 3 is 2.62 bits per heavy atom. The summed E-state index contributed by atoms with van der Waals surface area (Å²) < 4.78 is 20.8. The molecule has 0 atom stereocenters. The minimum Gasteiger partial charge on any atom is -0.373 e. The topological polar surface area (TPSA) is 46.8 Å². The molecule has 29 heavy (non-hydrogen) atoms. The summed E-state index contributed by atoms with van der Waals surface area (Å²) in [7, 11) is 0. The number of carbonyl (C=O) groups excluding carboxylic acids is 1. The number of fused-ring (bicyclic) bond motifs is 1. The van der Waals surface area contributed by atoms with E-state index in [4.69, 9.17) is 16.3 Å². The molecule has 0 radical (unpaired) electrons. The number of piperidine rings is 1. The number of ether oxygens (including phenoxy) is 1. The van der Waals surface area contributed by atoms with Crippen molar-refractivity contribution < 1.29 is 13.9 Å². The fraction of sp³-hybridized carbons (Fsp3) is 0.364. The molecule has 1 saturated heterocycles. The number of carbonyl (C=O) groups is 1. The predicted octanol–water partition coefficient (Wildman–Crippen LogP) is 4.51. The molecule has 1 amide bonds. The van der Waals surface area contributed by atoms with E-state index in [0.29, 0.717) is 36.8 Å². The third-order valence-electron chi connectivity index (χ3n) is 5.32. The second-order valence-corrected chi connectivity index (χ2v) is 7.70. The van der Waals surface area contributed by atoms with Crippen LogP contribution in [-0.2, 0) is 17.8 Å². The summed E-state index contributed by atoms with van der Waals surface area (Å²) >= 11 is 6.14. The molecule has 152 valence electrons. The molecule has 7 heteroatoms. The molecule has 3 aromatic rings. The minimum atomic E-state index is -0.249. The average Bonchev–Trinajstić information content (AvgIpc) is 3.11. The molecule has 4 rings (SSSR count). The van der Waals surface area contributed by atoms with Crippen LogP contribution in [0.5, 0.6) is 0 Å². The van der Waals surface area contributed by atoms with E-state index in [9.17, 15) is 9.18 Å². The molecule has 1 aromatic carbocycles. The summed E-state index contributed by atoms with van der Waals surface area (Å²) in [4.78, 5) is 19.7. The maximum Gasteiger partial charge on any atom is 0.272 e. The largest absolute Gasteiger partial charge is 0.373 e. The summed E-state index contributed by atoms with van der Waals surface area (Å²) in [6.45, 7) is 3.70. The third-order valence-corrected chi connectivity index (χ3v) is 5.54. The molecular formula is C22H23ClFN3O2. The summed E-state index contributed by atoms with van der Waals surface area (Å²) in [5, 5.41) is 0.569. The standard InChI is InChI=1S/C22H23ClFN3O2/c1-2-19-21(27-13-16(23)5-8-20(27)25-19)22(28)26-11-9-18(10-12-26)29-14-15-3-6-17(24)7-4-15/h3-8,13,18H,2,9-12,14H2,1H3. The first-order valence-electron chi connectivity index (χ1n) is 9.87. The van der Waals surface area contributed by atoms with Gasteiger partial charge in [-0.05, 0) is 49.1 Å². The quantitative estimate of drug-likeness (QED) is 0.616. The van der Waals surface area contributed by atoms with Crippen LogP contribution in [0.2, 0.25) is 5.02 Å². The molecule has 0 unspecified atom stereocenters. The molecule has 1 aliphatic rings. The Hall–Kier alpha value is -2.44. The Morgan fingerprint density at radius 2 is 1.93 bits per heavy atom. The fourth-order valence-electron chi connectivity index (χ4n) is 3.71. The zero-order valence-electron chi connectivity index (χ0n) is 16.3. The van der Waals surface area contributed by atoms with Gasteiger partial charge in [-0.3, -0.25) is 9.20 Å². The molecule has 2 aromatic heterocycles. The first-order valence-corrected chi connectivity index (χ1v) is 10.2. The van der Waals surface area contributed by atoms with Crippen molar-refractivity contribution in [1.29, 1.82) is 0 Å². The van der Waals surface area contributed by atoms with Gasteiger partial charge in [-0.25, -0.2) is 9.37 Å². The van der Waals surface area contributed by atoms with Gasteiger partial charge in [-0.15, -0.1) is 0 Å². The van der Waals surface area contributed by atoms with Gasteiger partial charge in [-0.2, -0.15) is 0 Å². The molecule has 0 saturated carbocycles. The molecule has 1 fully saturated rings. The number of imidazole rings is 1. The minimum absolute atomic E-state index is 0.0198. The van der Waals surface area contributed by atoms with Crippen LogP contribution < -0.4 is 0 Å². The fourth-order valence-corrected chi connectivity index (χ4v) is 3.87. The average molecular weight is 416 g/mol. The normalized spacial score (nSPS) is 15.2. The summed E-state index contributed by atoms with van der Waals surface area (Å²) in [6, 6.07) is 9.95. The van der Waals surface area contributed by atoms with Crippen molar-refractivity contribution in [1.82, 2.24) is 14.3 Å². The number of pyridine rings is 1. The molecule has 0 aliphatic carbocycles. The number of hydrogen-bond donors (Lipinski definition) is 0. The Bertz CT molecular complexity index is 1010. The van der Waals surface area contributed by atoms with E-state index in [1.165, 1.54) is 12.1 Å². The van der Waals surface area contributed by atoms with E-state index in [-0.39, 0.29) is 17.8 Å². The molecule has 3 heterocycles. The Labute approximate surface area is 174 Å². The number of halogens is 2. The lowest BCUT2D eigenvalue weighted by atomic mass is 10.1. The number of benzene rings is 1. The van der Waals surface area contributed by atoms with Crippen molar-refractivity contribution >= 4 is 23.2 Å². The highest BCUT2D eigenvalue weighted by Gasteiger charge is 2.28. The van der Waals surface area contributed by atoms with Gasteiger partial charge >= 0.3 is 0 Å². The number of amides is 1. The first-order chi connectivity index (χ1) is 14.0. The van der Waals surface area contributed by atoms with Crippen molar-refractivity contribution in [3.63, 3.8) is 0 Å². The van der Waals surface area contributed by atoms with Gasteiger partial charge in [0.05, 0.1) is 23.4 Å². The molecule has 5 nitrogen and oxygen atoms in total. The van der Waals surface area contributed by atoms with Crippen molar-refractivity contribution in [3.05, 3.63) is 70.4 Å². The van der Waals surface area contributed by atoms with E-state index in [1.807, 2.05) is 17.9 Å². The molecular weight excluding hydrogens is 393 g/mol. The van der Waals surface area contributed by atoms with Gasteiger partial charge in [0.1, 0.15) is 17.2 Å². The van der Waals surface area contributed by atoms with Crippen LogP contribution in [0.1, 0.15) is 41.5 Å². The molecule has 0 N–H and O–H groups in total. The van der Waals surface area contributed by atoms with E-state index in [2.05, 4.69) is 4.98 Å². The number of aryl methyl sites for hydroxylation is 1. The number of likely N-dealkylation sites (tertiary alicyclic amines) is 1. The highest BCUT2D eigenvalue weighted by molar-refractivity contribution is 6.30. The summed E-state index contributed by atoms with van der Waals surface area (Å²) in [5.41, 5.74) is 3.05. The Kier molecular flexibility index (Phi) is 5.83. The predicted molar refractivity (Wildman–Crippen MR) is 110 cm³/mol. The maximum atomic E-state index is 13.2. The Balaban J connectivity index is 1.41. The van der Waals surface area contributed by atoms with Crippen LogP contribution in [0, 0.1) is 5.82 Å². The van der Waals surface area contributed by atoms with Crippen LogP contribution >= 0.6 is 11.6 Å². The zero-order valence-corrected chi connectivity index (χ0v) is 17.0. The van der Waals surface area contributed by atoms with Gasteiger partial charge in [0.25, 0.3) is 5.91 Å². The van der Waals surface area contributed by atoms with Crippen LogP contribution in [-0.4, -0.2) is 39.4 Å². The highest BCUT2D eigenvalue weighted by atomic mass is 35.5. The lowest BCUT2D eigenvalue weighted by Gasteiger charge is -2.32. The monoisotopic (exact) mass is 415 g/mol. The van der Waals surface area contributed by atoms with E-state index in [0.717, 1.165) is 29.7 Å². The van der Waals surface area contributed by atoms with Gasteiger partial charge in [0, 0.05) is 19.3 Å². The van der Waals surface area contributed by atoms with E-state index in [1.54, 1.807) is 28.8 Å². The van der Waals surface area contributed by atoms with E-state index >= 15 is 0 Å². The van der Waals surface area contributed by atoms with Crippen LogP contribution in [0.3, 0.4) is 0 Å². The summed E-state index contributed by atoms with van der Waals surface area (Å²) in [5.74, 6) is -0.269. The van der Waals surface area contributed by atoms with Gasteiger partial charge < -0.3 is 9.64 Å². The van der Waals surface area contributed by atoms with Crippen LogP contribution in [0.15, 0.2) is 42.6 Å². The zero-order chi connectivity index (χ0) is 20.4. The second-order valence-electron chi connectivity index (χ2n) is 7.27. The molecule has 1 aliphatic heterocycles. The smallest absolute Gasteiger partial charge is 0.272 e. The maximum absolute atomic E-state index is 13.2. The lowest BCUT2D eigenvalue weighted by molar-refractivity contribution is -0.000567. The van der Waals surface area contributed by atoms with Crippen molar-refractivity contribution in [2.75, 3.05) is 13.1 Å².